The Morgan fingerprint density at radius 3 is 2.61 bits per heavy atom. The third-order valence-electron chi connectivity index (χ3n) is 3.60. The third-order valence-corrected chi connectivity index (χ3v) is 3.60. The monoisotopic (exact) mass is 244 g/mol. The van der Waals surface area contributed by atoms with Crippen LogP contribution >= 0.6 is 0 Å². The van der Waals surface area contributed by atoms with Gasteiger partial charge in [-0.05, 0) is 50.2 Å². The first kappa shape index (κ1) is 14.7. The Morgan fingerprint density at radius 2 is 2.00 bits per heavy atom. The van der Waals surface area contributed by atoms with Crippen molar-refractivity contribution in [2.24, 2.45) is 5.41 Å². The van der Waals surface area contributed by atoms with E-state index in [9.17, 15) is 4.79 Å². The van der Waals surface area contributed by atoms with E-state index in [0.717, 1.165) is 11.9 Å². The van der Waals surface area contributed by atoms with E-state index in [1.165, 1.54) is 36.5 Å². The minimum absolute atomic E-state index is 0.289. The lowest BCUT2D eigenvalue weighted by Gasteiger charge is -2.32. The fraction of sp³-hybridized carbons (Fsp3) is 0.471. The van der Waals surface area contributed by atoms with E-state index in [1.807, 2.05) is 6.08 Å². The van der Waals surface area contributed by atoms with E-state index in [4.69, 9.17) is 0 Å². The van der Waals surface area contributed by atoms with E-state index in [0.29, 0.717) is 0 Å². The van der Waals surface area contributed by atoms with Gasteiger partial charge in [0, 0.05) is 0 Å². The molecule has 0 unspecified atom stereocenters. The van der Waals surface area contributed by atoms with E-state index >= 15 is 0 Å². The molecule has 0 fully saturated rings. The molecule has 0 aromatic rings. The summed E-state index contributed by atoms with van der Waals surface area (Å²) in [5.41, 5.74) is 4.44. The van der Waals surface area contributed by atoms with Crippen LogP contribution in [0.5, 0.6) is 0 Å². The Kier molecular flexibility index (Phi) is 5.33. The van der Waals surface area contributed by atoms with Gasteiger partial charge in [-0.3, -0.25) is 4.79 Å². The molecule has 0 saturated heterocycles. The quantitative estimate of drug-likeness (QED) is 0.395. The highest BCUT2D eigenvalue weighted by molar-refractivity contribution is 5.65. The van der Waals surface area contributed by atoms with Crippen LogP contribution in [0, 0.1) is 5.41 Å². The average molecular weight is 244 g/mol. The lowest BCUT2D eigenvalue weighted by atomic mass is 9.72. The predicted octanol–water partition coefficient (Wildman–Crippen LogP) is 4.77. The van der Waals surface area contributed by atoms with Gasteiger partial charge in [0.1, 0.15) is 6.29 Å². The summed E-state index contributed by atoms with van der Waals surface area (Å²) in [5.74, 6) is 0. The summed E-state index contributed by atoms with van der Waals surface area (Å²) < 4.78 is 0. The Morgan fingerprint density at radius 1 is 1.28 bits per heavy atom. The molecule has 0 bridgehead atoms. The molecule has 0 aliphatic heterocycles. The number of carbonyl (C=O) groups excluding carboxylic acids is 1. The van der Waals surface area contributed by atoms with Crippen LogP contribution in [0.15, 0.2) is 47.1 Å². The molecule has 0 N–H and O–H groups in total. The van der Waals surface area contributed by atoms with Gasteiger partial charge >= 0.3 is 0 Å². The molecule has 1 nitrogen and oxygen atoms in total. The molecule has 1 aliphatic rings. The summed E-state index contributed by atoms with van der Waals surface area (Å²) in [5, 5.41) is 0. The number of allylic oxidation sites excluding steroid dienone is 8. The van der Waals surface area contributed by atoms with Crippen LogP contribution in [0.1, 0.15) is 47.0 Å². The van der Waals surface area contributed by atoms with E-state index in [-0.39, 0.29) is 5.41 Å². The molecule has 0 saturated carbocycles. The van der Waals surface area contributed by atoms with Gasteiger partial charge in [-0.15, -0.1) is 0 Å². The van der Waals surface area contributed by atoms with Crippen LogP contribution in [0.3, 0.4) is 0 Å². The van der Waals surface area contributed by atoms with Crippen molar-refractivity contribution in [2.75, 3.05) is 0 Å². The maximum atomic E-state index is 10.2. The third kappa shape index (κ3) is 4.14. The zero-order valence-corrected chi connectivity index (χ0v) is 12.0. The van der Waals surface area contributed by atoms with Crippen LogP contribution in [-0.2, 0) is 4.79 Å². The highest BCUT2D eigenvalue weighted by Gasteiger charge is 2.26. The van der Waals surface area contributed by atoms with Crippen LogP contribution in [0.2, 0.25) is 0 Å². The highest BCUT2D eigenvalue weighted by atomic mass is 16.1. The highest BCUT2D eigenvalue weighted by Crippen LogP contribution is 2.40. The fourth-order valence-electron chi connectivity index (χ4n) is 2.53. The first-order chi connectivity index (χ1) is 8.47. The van der Waals surface area contributed by atoms with Crippen molar-refractivity contribution in [2.45, 2.75) is 47.0 Å². The lowest BCUT2D eigenvalue weighted by molar-refractivity contribution is -0.104. The number of rotatable bonds is 4. The van der Waals surface area contributed by atoms with Crippen molar-refractivity contribution in [1.82, 2.24) is 0 Å². The Labute approximate surface area is 111 Å². The number of hydrogen-bond acceptors (Lipinski definition) is 1. The largest absolute Gasteiger partial charge is 0.299 e. The van der Waals surface area contributed by atoms with Crippen molar-refractivity contribution < 1.29 is 4.79 Å². The molecule has 1 rings (SSSR count). The molecule has 0 atom stereocenters. The van der Waals surface area contributed by atoms with Crippen LogP contribution in [0.25, 0.3) is 0 Å². The van der Waals surface area contributed by atoms with Crippen LogP contribution in [0.4, 0.5) is 0 Å². The van der Waals surface area contributed by atoms with E-state index < -0.39 is 0 Å². The van der Waals surface area contributed by atoms with Gasteiger partial charge in [-0.25, -0.2) is 0 Å². The molecule has 0 aromatic heterocycles. The van der Waals surface area contributed by atoms with Gasteiger partial charge in [0.15, 0.2) is 0 Å². The Hall–Kier alpha value is -1.37. The van der Waals surface area contributed by atoms with Gasteiger partial charge in [0.25, 0.3) is 0 Å². The minimum Gasteiger partial charge on any atom is -0.299 e. The first-order valence-corrected chi connectivity index (χ1v) is 6.64. The first-order valence-electron chi connectivity index (χ1n) is 6.64. The zero-order chi connectivity index (χ0) is 13.6. The van der Waals surface area contributed by atoms with Crippen molar-refractivity contribution >= 4 is 6.29 Å². The Bertz CT molecular complexity index is 417. The lowest BCUT2D eigenvalue weighted by Crippen LogP contribution is -2.19. The van der Waals surface area contributed by atoms with Crippen LogP contribution in [-0.4, -0.2) is 6.29 Å². The van der Waals surface area contributed by atoms with Gasteiger partial charge in [0.2, 0.25) is 0 Å². The average Bonchev–Trinajstić information content (AvgIpc) is 2.28. The molecule has 0 amide bonds. The molecule has 0 aromatic carbocycles. The summed E-state index contributed by atoms with van der Waals surface area (Å²) in [6, 6.07) is 0. The molecule has 0 spiro atoms. The number of aldehydes is 1. The van der Waals surface area contributed by atoms with Crippen LogP contribution < -0.4 is 0 Å². The second-order valence-corrected chi connectivity index (χ2v) is 5.70. The van der Waals surface area contributed by atoms with Crippen molar-refractivity contribution in [3.63, 3.8) is 0 Å². The van der Waals surface area contributed by atoms with Gasteiger partial charge in [0.05, 0.1) is 0 Å². The van der Waals surface area contributed by atoms with Gasteiger partial charge in [-0.2, -0.15) is 0 Å². The maximum Gasteiger partial charge on any atom is 0.142 e. The van der Waals surface area contributed by atoms with Gasteiger partial charge in [-0.1, -0.05) is 49.3 Å². The molecule has 98 valence electrons. The second kappa shape index (κ2) is 6.53. The summed E-state index contributed by atoms with van der Waals surface area (Å²) in [6.45, 7) is 8.94. The zero-order valence-electron chi connectivity index (χ0n) is 12.0. The van der Waals surface area contributed by atoms with Crippen molar-refractivity contribution in [3.8, 4) is 0 Å². The summed E-state index contributed by atoms with van der Waals surface area (Å²) in [6.07, 6.45) is 14.2. The molecule has 0 radical (unpaired) electrons. The van der Waals surface area contributed by atoms with E-state index in [2.05, 4.69) is 39.8 Å². The summed E-state index contributed by atoms with van der Waals surface area (Å²) in [4.78, 5) is 10.2. The normalized spacial score (nSPS) is 21.0. The van der Waals surface area contributed by atoms with E-state index in [1.54, 1.807) is 6.08 Å². The standard InChI is InChI=1S/C17H24O/c1-14(8-5-6-13-18)10-11-16-15(2)9-7-12-17(16,3)4/h5-6,8,10-11,13H,7,9,12H2,1-4H3/b6-5+,11-10-,14-8+. The maximum absolute atomic E-state index is 10.2. The Balaban J connectivity index is 2.85. The molecular formula is C17H24O. The SMILES string of the molecule is CC1=C(\C=C/C(C)=C/C=C/C=O)C(C)(C)CCC1. The fourth-order valence-corrected chi connectivity index (χ4v) is 2.53. The topological polar surface area (TPSA) is 17.1 Å². The summed E-state index contributed by atoms with van der Waals surface area (Å²) >= 11 is 0. The van der Waals surface area contributed by atoms with Gasteiger partial charge < -0.3 is 0 Å². The molecular weight excluding hydrogens is 220 g/mol. The number of carbonyl (C=O) groups is 1. The summed E-state index contributed by atoms with van der Waals surface area (Å²) in [7, 11) is 0. The smallest absolute Gasteiger partial charge is 0.142 e. The van der Waals surface area contributed by atoms with Crippen molar-refractivity contribution in [1.29, 1.82) is 0 Å². The second-order valence-electron chi connectivity index (χ2n) is 5.70. The molecule has 1 heteroatoms. The molecule has 0 heterocycles. The predicted molar refractivity (Wildman–Crippen MR) is 78.4 cm³/mol. The molecule has 1 aliphatic carbocycles. The number of hydrogen-bond donors (Lipinski definition) is 0. The van der Waals surface area contributed by atoms with Crippen molar-refractivity contribution in [3.05, 3.63) is 47.1 Å². The minimum atomic E-state index is 0.289. The molecule has 18 heavy (non-hydrogen) atoms.